The highest BCUT2D eigenvalue weighted by Gasteiger charge is 2.24. The SMILES string of the molecule is CCC/C=C/C=C/C=C/C=C/C=C/CCCCCC(CC(=O)NC(CO)C(O)CCCCCCCCCCC)OC(=O)CC/C=C/C/C=C\CCCCCCCC. The lowest BCUT2D eigenvalue weighted by atomic mass is 10.0. The number of aliphatic hydroxyl groups excluding tert-OH is 2. The zero-order valence-electron chi connectivity index (χ0n) is 36.9. The van der Waals surface area contributed by atoms with Gasteiger partial charge < -0.3 is 20.3 Å². The smallest absolute Gasteiger partial charge is 0.306 e. The lowest BCUT2D eigenvalue weighted by Gasteiger charge is -2.24. The zero-order chi connectivity index (χ0) is 41.7. The van der Waals surface area contributed by atoms with Gasteiger partial charge in [-0.1, -0.05) is 209 Å². The molecule has 6 nitrogen and oxygen atoms in total. The average molecular weight is 794 g/mol. The van der Waals surface area contributed by atoms with Gasteiger partial charge in [0.25, 0.3) is 0 Å². The van der Waals surface area contributed by atoms with Crippen molar-refractivity contribution in [1.82, 2.24) is 5.32 Å². The van der Waals surface area contributed by atoms with Crippen molar-refractivity contribution in [2.45, 2.75) is 219 Å². The number of hydrogen-bond donors (Lipinski definition) is 3. The van der Waals surface area contributed by atoms with E-state index in [-0.39, 0.29) is 31.3 Å². The number of esters is 1. The minimum atomic E-state index is -0.810. The van der Waals surface area contributed by atoms with E-state index in [0.717, 1.165) is 64.2 Å². The third-order valence-corrected chi connectivity index (χ3v) is 10.1. The van der Waals surface area contributed by atoms with Crippen molar-refractivity contribution >= 4 is 11.9 Å². The first-order valence-electron chi connectivity index (χ1n) is 23.4. The molecule has 3 N–H and O–H groups in total. The van der Waals surface area contributed by atoms with Crippen LogP contribution in [0.5, 0.6) is 0 Å². The summed E-state index contributed by atoms with van der Waals surface area (Å²) in [6.45, 7) is 6.32. The highest BCUT2D eigenvalue weighted by Crippen LogP contribution is 2.16. The number of amides is 1. The zero-order valence-corrected chi connectivity index (χ0v) is 36.9. The molecule has 0 radical (unpaired) electrons. The molecule has 0 saturated carbocycles. The molecule has 3 unspecified atom stereocenters. The molecule has 1 amide bonds. The Kier molecular flexibility index (Phi) is 41.9. The number of nitrogens with one attached hydrogen (secondary N) is 1. The van der Waals surface area contributed by atoms with Crippen LogP contribution in [-0.2, 0) is 14.3 Å². The van der Waals surface area contributed by atoms with Crippen LogP contribution >= 0.6 is 0 Å². The first-order chi connectivity index (χ1) is 28.0. The molecular weight excluding hydrogens is 707 g/mol. The first kappa shape index (κ1) is 54.0. The van der Waals surface area contributed by atoms with Crippen LogP contribution in [0.2, 0.25) is 0 Å². The van der Waals surface area contributed by atoms with Crippen LogP contribution in [-0.4, -0.2) is 46.9 Å². The van der Waals surface area contributed by atoms with Crippen LogP contribution in [0.25, 0.3) is 0 Å². The summed E-state index contributed by atoms with van der Waals surface area (Å²) < 4.78 is 5.85. The van der Waals surface area contributed by atoms with Gasteiger partial charge in [0.15, 0.2) is 0 Å². The molecule has 0 aromatic rings. The Morgan fingerprint density at radius 1 is 0.526 bits per heavy atom. The molecule has 326 valence electrons. The van der Waals surface area contributed by atoms with Gasteiger partial charge in [-0.05, 0) is 64.2 Å². The summed E-state index contributed by atoms with van der Waals surface area (Å²) in [7, 11) is 0. The molecule has 0 aliphatic rings. The van der Waals surface area contributed by atoms with E-state index in [9.17, 15) is 19.8 Å². The van der Waals surface area contributed by atoms with Gasteiger partial charge in [-0.2, -0.15) is 0 Å². The van der Waals surface area contributed by atoms with E-state index in [1.54, 1.807) is 0 Å². The first-order valence-corrected chi connectivity index (χ1v) is 23.4. The summed E-state index contributed by atoms with van der Waals surface area (Å²) in [5, 5.41) is 23.6. The summed E-state index contributed by atoms with van der Waals surface area (Å²) in [4.78, 5) is 26.0. The minimum Gasteiger partial charge on any atom is -0.462 e. The van der Waals surface area contributed by atoms with Crippen LogP contribution in [0.3, 0.4) is 0 Å². The third kappa shape index (κ3) is 39.6. The standard InChI is InChI=1S/C51H87NO5/c1-4-7-10-13-16-19-21-23-24-25-27-28-31-33-36-39-42-47(57-51(56)44-41-38-35-32-29-26-22-20-17-14-11-8-5-2)45-50(55)52-48(46-53)49(54)43-40-37-34-30-18-15-12-9-6-3/h10,13,16,19,21,23-29,35,38,47-49,53-54H,4-9,11-12,14-15,17-18,20,22,30-34,36-37,39-46H2,1-3H3,(H,52,55)/b13-10+,19-16+,23-21+,25-24+,28-27+,29-26-,38-35+. The molecule has 0 fully saturated rings. The van der Waals surface area contributed by atoms with Crippen molar-refractivity contribution < 1.29 is 24.5 Å². The fraction of sp³-hybridized carbons (Fsp3) is 0.686. The molecule has 0 spiro atoms. The number of allylic oxidation sites excluding steroid dienone is 14. The van der Waals surface area contributed by atoms with E-state index in [0.29, 0.717) is 19.3 Å². The number of unbranched alkanes of at least 4 members (excludes halogenated alkanes) is 18. The van der Waals surface area contributed by atoms with E-state index in [1.165, 1.54) is 83.5 Å². The number of carbonyl (C=O) groups is 2. The third-order valence-electron chi connectivity index (χ3n) is 10.1. The van der Waals surface area contributed by atoms with E-state index in [4.69, 9.17) is 4.74 Å². The van der Waals surface area contributed by atoms with Gasteiger partial charge in [0.2, 0.25) is 5.91 Å². The summed E-state index contributed by atoms with van der Waals surface area (Å²) in [6.07, 6.45) is 56.5. The Bertz CT molecular complexity index is 1120. The Hall–Kier alpha value is -2.96. The predicted octanol–water partition coefficient (Wildman–Crippen LogP) is 13.6. The normalized spacial score (nSPS) is 14.1. The largest absolute Gasteiger partial charge is 0.462 e. The second kappa shape index (κ2) is 44.1. The Balaban J connectivity index is 4.82. The molecule has 57 heavy (non-hydrogen) atoms. The molecule has 0 aromatic heterocycles. The van der Waals surface area contributed by atoms with Crippen molar-refractivity contribution in [2.75, 3.05) is 6.61 Å². The average Bonchev–Trinajstić information content (AvgIpc) is 3.20. The van der Waals surface area contributed by atoms with Gasteiger partial charge in [-0.15, -0.1) is 0 Å². The lowest BCUT2D eigenvalue weighted by molar-refractivity contribution is -0.150. The van der Waals surface area contributed by atoms with Crippen LogP contribution in [0.1, 0.15) is 201 Å². The molecule has 0 saturated heterocycles. The monoisotopic (exact) mass is 794 g/mol. The van der Waals surface area contributed by atoms with E-state index >= 15 is 0 Å². The summed E-state index contributed by atoms with van der Waals surface area (Å²) in [5.74, 6) is -0.606. The minimum absolute atomic E-state index is 0.0225. The highest BCUT2D eigenvalue weighted by molar-refractivity contribution is 5.77. The van der Waals surface area contributed by atoms with E-state index in [1.807, 2.05) is 42.5 Å². The number of ether oxygens (including phenoxy) is 1. The Morgan fingerprint density at radius 2 is 1.00 bits per heavy atom. The molecule has 0 bridgehead atoms. The highest BCUT2D eigenvalue weighted by atomic mass is 16.5. The molecule has 0 rings (SSSR count). The molecule has 3 atom stereocenters. The number of hydrogen-bond acceptors (Lipinski definition) is 5. The molecule has 6 heteroatoms. The molecule has 0 aliphatic heterocycles. The quantitative estimate of drug-likeness (QED) is 0.0248. The topological polar surface area (TPSA) is 95.9 Å². The van der Waals surface area contributed by atoms with E-state index in [2.05, 4.69) is 68.6 Å². The van der Waals surface area contributed by atoms with Gasteiger partial charge in [-0.3, -0.25) is 9.59 Å². The van der Waals surface area contributed by atoms with Gasteiger partial charge in [0, 0.05) is 6.42 Å². The molecule has 0 heterocycles. The van der Waals surface area contributed by atoms with Crippen molar-refractivity contribution in [3.8, 4) is 0 Å². The number of rotatable bonds is 40. The molecule has 0 aromatic carbocycles. The van der Waals surface area contributed by atoms with Crippen LogP contribution in [0.4, 0.5) is 0 Å². The fourth-order valence-electron chi connectivity index (χ4n) is 6.51. The maximum Gasteiger partial charge on any atom is 0.306 e. The van der Waals surface area contributed by atoms with Crippen molar-refractivity contribution in [2.24, 2.45) is 0 Å². The van der Waals surface area contributed by atoms with Crippen LogP contribution < -0.4 is 5.32 Å². The summed E-state index contributed by atoms with van der Waals surface area (Å²) in [5.41, 5.74) is 0. The Labute approximate surface area is 351 Å². The lowest BCUT2D eigenvalue weighted by Crippen LogP contribution is -2.46. The van der Waals surface area contributed by atoms with E-state index < -0.39 is 18.2 Å². The van der Waals surface area contributed by atoms with Gasteiger partial charge in [0.1, 0.15) is 6.10 Å². The molecule has 0 aliphatic carbocycles. The second-order valence-electron chi connectivity index (χ2n) is 15.6. The van der Waals surface area contributed by atoms with Crippen molar-refractivity contribution in [3.05, 3.63) is 85.1 Å². The Morgan fingerprint density at radius 3 is 1.58 bits per heavy atom. The van der Waals surface area contributed by atoms with Crippen LogP contribution in [0, 0.1) is 0 Å². The van der Waals surface area contributed by atoms with Gasteiger partial charge >= 0.3 is 5.97 Å². The van der Waals surface area contributed by atoms with Crippen LogP contribution in [0.15, 0.2) is 85.1 Å². The number of carbonyl (C=O) groups excluding carboxylic acids is 2. The molecular formula is C51H87NO5. The van der Waals surface area contributed by atoms with Gasteiger partial charge in [0.05, 0.1) is 25.2 Å². The summed E-state index contributed by atoms with van der Waals surface area (Å²) in [6, 6.07) is -0.728. The number of aliphatic hydroxyl groups is 2. The maximum absolute atomic E-state index is 13.1. The van der Waals surface area contributed by atoms with Crippen molar-refractivity contribution in [1.29, 1.82) is 0 Å². The van der Waals surface area contributed by atoms with Gasteiger partial charge in [-0.25, -0.2) is 0 Å². The summed E-state index contributed by atoms with van der Waals surface area (Å²) >= 11 is 0. The predicted molar refractivity (Wildman–Crippen MR) is 245 cm³/mol. The van der Waals surface area contributed by atoms with Crippen molar-refractivity contribution in [3.63, 3.8) is 0 Å². The maximum atomic E-state index is 13.1. The second-order valence-corrected chi connectivity index (χ2v) is 15.6. The fourth-order valence-corrected chi connectivity index (χ4v) is 6.51.